The monoisotopic (exact) mass is 183 g/mol. The Bertz CT molecular complexity index is 175. The summed E-state index contributed by atoms with van der Waals surface area (Å²) in [6, 6.07) is 0. The molecule has 0 saturated heterocycles. The Kier molecular flexibility index (Phi) is 5.60. The molecule has 0 spiro atoms. The normalized spacial score (nSPS) is 15.0. The number of Topliss-reactive ketones (excluding diaryl/α,β-unsaturated/α-hetero) is 1. The minimum atomic E-state index is -0.853. The number of rotatable bonds is 7. The highest BCUT2D eigenvalue weighted by atomic mass is 16.1. The van der Waals surface area contributed by atoms with Crippen molar-refractivity contribution in [2.75, 3.05) is 0 Å². The molecular weight excluding hydrogens is 164 g/mol. The zero-order chi connectivity index (χ0) is 10.3. The second-order valence-electron chi connectivity index (χ2n) is 3.67. The van der Waals surface area contributed by atoms with Gasteiger partial charge in [0.2, 0.25) is 6.29 Å². The van der Waals surface area contributed by atoms with Gasteiger partial charge in [-0.3, -0.25) is 9.59 Å². The van der Waals surface area contributed by atoms with Gasteiger partial charge >= 0.3 is 0 Å². The molecule has 0 saturated carbocycles. The van der Waals surface area contributed by atoms with E-state index in [-0.39, 0.29) is 5.78 Å². The first-order chi connectivity index (χ1) is 6.10. The summed E-state index contributed by atoms with van der Waals surface area (Å²) >= 11 is 0. The van der Waals surface area contributed by atoms with Crippen molar-refractivity contribution in [2.24, 2.45) is 5.41 Å². The number of carbonyl (C=O) groups is 1. The molecule has 0 aliphatic rings. The first-order valence-electron chi connectivity index (χ1n) is 5.03. The van der Waals surface area contributed by atoms with Gasteiger partial charge in [0.15, 0.2) is 0 Å². The minimum absolute atomic E-state index is 0.0402. The SMILES string of the molecule is CCCCCC(=O)C(C)([C]=O)CC. The van der Waals surface area contributed by atoms with Gasteiger partial charge in [-0.05, 0) is 19.8 Å². The van der Waals surface area contributed by atoms with Crippen molar-refractivity contribution < 1.29 is 9.59 Å². The molecule has 0 rings (SSSR count). The van der Waals surface area contributed by atoms with Gasteiger partial charge in [0.05, 0.1) is 5.41 Å². The number of ketones is 1. The van der Waals surface area contributed by atoms with Gasteiger partial charge in [-0.1, -0.05) is 26.7 Å². The predicted molar refractivity (Wildman–Crippen MR) is 53.2 cm³/mol. The van der Waals surface area contributed by atoms with E-state index in [9.17, 15) is 9.59 Å². The summed E-state index contributed by atoms with van der Waals surface area (Å²) in [7, 11) is 0. The van der Waals surface area contributed by atoms with Gasteiger partial charge in [-0.2, -0.15) is 0 Å². The van der Waals surface area contributed by atoms with E-state index in [1.807, 2.05) is 13.2 Å². The van der Waals surface area contributed by atoms with Gasteiger partial charge in [0, 0.05) is 6.42 Å². The molecule has 13 heavy (non-hydrogen) atoms. The van der Waals surface area contributed by atoms with E-state index in [2.05, 4.69) is 6.92 Å². The lowest BCUT2D eigenvalue weighted by atomic mass is 9.82. The van der Waals surface area contributed by atoms with E-state index in [1.54, 1.807) is 6.92 Å². The molecule has 0 aliphatic carbocycles. The third-order valence-electron chi connectivity index (χ3n) is 2.56. The van der Waals surface area contributed by atoms with Gasteiger partial charge in [0.1, 0.15) is 5.78 Å². The molecule has 0 fully saturated rings. The Balaban J connectivity index is 4.00. The van der Waals surface area contributed by atoms with E-state index in [4.69, 9.17) is 0 Å². The summed E-state index contributed by atoms with van der Waals surface area (Å²) in [6.45, 7) is 5.62. The van der Waals surface area contributed by atoms with Crippen molar-refractivity contribution >= 4 is 12.1 Å². The summed E-state index contributed by atoms with van der Waals surface area (Å²) in [4.78, 5) is 22.1. The molecule has 1 atom stereocenters. The highest BCUT2D eigenvalue weighted by Crippen LogP contribution is 2.22. The third-order valence-corrected chi connectivity index (χ3v) is 2.56. The standard InChI is InChI=1S/C11H19O2/c1-4-6-7-8-10(13)11(3,5-2)9-12/h4-8H2,1-3H3. The lowest BCUT2D eigenvalue weighted by Crippen LogP contribution is -2.28. The van der Waals surface area contributed by atoms with Crippen molar-refractivity contribution in [3.05, 3.63) is 0 Å². The summed E-state index contributed by atoms with van der Waals surface area (Å²) in [5, 5.41) is 0. The van der Waals surface area contributed by atoms with Crippen molar-refractivity contribution in [2.45, 2.75) is 52.9 Å². The van der Waals surface area contributed by atoms with E-state index in [1.165, 1.54) is 0 Å². The Morgan fingerprint density at radius 2 is 1.92 bits per heavy atom. The third kappa shape index (κ3) is 3.71. The van der Waals surface area contributed by atoms with Gasteiger partial charge in [-0.25, -0.2) is 0 Å². The fourth-order valence-corrected chi connectivity index (χ4v) is 1.14. The van der Waals surface area contributed by atoms with Crippen LogP contribution in [0.4, 0.5) is 0 Å². The minimum Gasteiger partial charge on any atom is -0.299 e. The second-order valence-corrected chi connectivity index (χ2v) is 3.67. The topological polar surface area (TPSA) is 34.1 Å². The molecule has 0 aromatic heterocycles. The lowest BCUT2D eigenvalue weighted by molar-refractivity contribution is -0.125. The zero-order valence-electron chi connectivity index (χ0n) is 8.85. The van der Waals surface area contributed by atoms with E-state index in [0.29, 0.717) is 12.8 Å². The van der Waals surface area contributed by atoms with Crippen LogP contribution in [0.25, 0.3) is 0 Å². The first kappa shape index (κ1) is 12.3. The Morgan fingerprint density at radius 3 is 2.31 bits per heavy atom. The maximum atomic E-state index is 11.5. The van der Waals surface area contributed by atoms with Crippen molar-refractivity contribution in [1.29, 1.82) is 0 Å². The van der Waals surface area contributed by atoms with Crippen LogP contribution in [0.2, 0.25) is 0 Å². The zero-order valence-corrected chi connectivity index (χ0v) is 8.85. The number of unbranched alkanes of at least 4 members (excludes halogenated alkanes) is 2. The molecule has 2 nitrogen and oxygen atoms in total. The summed E-state index contributed by atoms with van der Waals surface area (Å²) in [5.74, 6) is 0.0402. The molecule has 1 radical (unpaired) electrons. The molecule has 1 unspecified atom stereocenters. The molecule has 0 aromatic rings. The molecular formula is C11H19O2. The van der Waals surface area contributed by atoms with Crippen LogP contribution in [0.5, 0.6) is 0 Å². The maximum Gasteiger partial charge on any atom is 0.212 e. The Labute approximate surface area is 80.7 Å². The van der Waals surface area contributed by atoms with Crippen LogP contribution in [0.1, 0.15) is 52.9 Å². The molecule has 0 amide bonds. The smallest absolute Gasteiger partial charge is 0.212 e. The molecule has 0 N–H and O–H groups in total. The number of carbonyl (C=O) groups excluding carboxylic acids is 2. The second kappa shape index (κ2) is 5.90. The predicted octanol–water partition coefficient (Wildman–Crippen LogP) is 2.66. The van der Waals surface area contributed by atoms with Gasteiger partial charge in [-0.15, -0.1) is 0 Å². The molecule has 0 aliphatic heterocycles. The van der Waals surface area contributed by atoms with E-state index < -0.39 is 5.41 Å². The quantitative estimate of drug-likeness (QED) is 0.449. The van der Waals surface area contributed by atoms with Crippen molar-refractivity contribution in [3.63, 3.8) is 0 Å². The van der Waals surface area contributed by atoms with Crippen LogP contribution in [0.15, 0.2) is 0 Å². The van der Waals surface area contributed by atoms with Crippen molar-refractivity contribution in [1.82, 2.24) is 0 Å². The van der Waals surface area contributed by atoms with Gasteiger partial charge in [0.25, 0.3) is 0 Å². The van der Waals surface area contributed by atoms with Crippen LogP contribution < -0.4 is 0 Å². The lowest BCUT2D eigenvalue weighted by Gasteiger charge is -2.17. The van der Waals surface area contributed by atoms with Crippen LogP contribution in [0, 0.1) is 5.41 Å². The summed E-state index contributed by atoms with van der Waals surface area (Å²) < 4.78 is 0. The first-order valence-corrected chi connectivity index (χ1v) is 5.03. The number of hydrogen-bond acceptors (Lipinski definition) is 2. The Hall–Kier alpha value is -0.660. The fraction of sp³-hybridized carbons (Fsp3) is 0.818. The molecule has 0 heterocycles. The maximum absolute atomic E-state index is 11.5. The average molecular weight is 183 g/mol. The van der Waals surface area contributed by atoms with E-state index >= 15 is 0 Å². The van der Waals surface area contributed by atoms with Crippen molar-refractivity contribution in [3.8, 4) is 0 Å². The van der Waals surface area contributed by atoms with Crippen LogP contribution >= 0.6 is 0 Å². The largest absolute Gasteiger partial charge is 0.299 e. The van der Waals surface area contributed by atoms with E-state index in [0.717, 1.165) is 19.3 Å². The van der Waals surface area contributed by atoms with Crippen LogP contribution in [-0.2, 0) is 9.59 Å². The molecule has 0 bridgehead atoms. The van der Waals surface area contributed by atoms with Crippen LogP contribution in [0.3, 0.4) is 0 Å². The highest BCUT2D eigenvalue weighted by molar-refractivity contribution is 5.97. The van der Waals surface area contributed by atoms with Crippen LogP contribution in [-0.4, -0.2) is 12.1 Å². The Morgan fingerprint density at radius 1 is 1.31 bits per heavy atom. The fourth-order valence-electron chi connectivity index (χ4n) is 1.14. The highest BCUT2D eigenvalue weighted by Gasteiger charge is 2.30. The summed E-state index contributed by atoms with van der Waals surface area (Å²) in [5.41, 5.74) is -0.853. The summed E-state index contributed by atoms with van der Waals surface area (Å²) in [6.07, 6.45) is 5.99. The number of hydrogen-bond donors (Lipinski definition) is 0. The molecule has 0 aromatic carbocycles. The van der Waals surface area contributed by atoms with Gasteiger partial charge < -0.3 is 0 Å². The molecule has 75 valence electrons. The average Bonchev–Trinajstić information content (AvgIpc) is 2.17. The molecule has 2 heteroatoms.